The number of anilines is 1. The standard InChI is InChI=1S/C16H20ClN3O2/c1-18-6-8-19(9-7-18)16(22)12-10-15(21)20(11-12)14-4-2-13(17)3-5-14/h2-5,12H,6-11H2,1H3/t12-/m1/s1. The molecule has 2 amide bonds. The lowest BCUT2D eigenvalue weighted by molar-refractivity contribution is -0.137. The lowest BCUT2D eigenvalue weighted by Crippen LogP contribution is -2.49. The highest BCUT2D eigenvalue weighted by atomic mass is 35.5. The Bertz CT molecular complexity index is 567. The molecule has 0 spiro atoms. The fraction of sp³-hybridized carbons (Fsp3) is 0.500. The van der Waals surface area contributed by atoms with E-state index in [4.69, 9.17) is 11.6 Å². The van der Waals surface area contributed by atoms with Gasteiger partial charge in [-0.15, -0.1) is 0 Å². The van der Waals surface area contributed by atoms with Crippen molar-refractivity contribution in [3.63, 3.8) is 0 Å². The van der Waals surface area contributed by atoms with Crippen molar-refractivity contribution in [1.82, 2.24) is 9.80 Å². The summed E-state index contributed by atoms with van der Waals surface area (Å²) in [7, 11) is 2.06. The van der Waals surface area contributed by atoms with E-state index in [9.17, 15) is 9.59 Å². The molecule has 0 saturated carbocycles. The first-order valence-electron chi connectivity index (χ1n) is 7.58. The summed E-state index contributed by atoms with van der Waals surface area (Å²) in [6.45, 7) is 3.76. The van der Waals surface area contributed by atoms with Gasteiger partial charge in [0, 0.05) is 49.9 Å². The predicted molar refractivity (Wildman–Crippen MR) is 86.0 cm³/mol. The van der Waals surface area contributed by atoms with Gasteiger partial charge in [0.25, 0.3) is 0 Å². The minimum absolute atomic E-state index is 0.00907. The van der Waals surface area contributed by atoms with Crippen LogP contribution >= 0.6 is 11.6 Å². The molecule has 1 aromatic rings. The number of halogens is 1. The Morgan fingerprint density at radius 2 is 1.77 bits per heavy atom. The van der Waals surface area contributed by atoms with Gasteiger partial charge < -0.3 is 14.7 Å². The molecule has 2 aliphatic rings. The maximum absolute atomic E-state index is 12.6. The molecule has 0 unspecified atom stereocenters. The molecule has 2 heterocycles. The molecular weight excluding hydrogens is 302 g/mol. The highest BCUT2D eigenvalue weighted by molar-refractivity contribution is 6.30. The Balaban J connectivity index is 1.66. The Morgan fingerprint density at radius 3 is 2.41 bits per heavy atom. The van der Waals surface area contributed by atoms with E-state index in [0.717, 1.165) is 31.9 Å². The predicted octanol–water partition coefficient (Wildman–Crippen LogP) is 1.47. The van der Waals surface area contributed by atoms with Crippen molar-refractivity contribution in [1.29, 1.82) is 0 Å². The average molecular weight is 322 g/mol. The molecule has 2 fully saturated rings. The number of carbonyl (C=O) groups is 2. The molecule has 2 aliphatic heterocycles. The van der Waals surface area contributed by atoms with E-state index in [2.05, 4.69) is 11.9 Å². The summed E-state index contributed by atoms with van der Waals surface area (Å²) >= 11 is 5.88. The van der Waals surface area contributed by atoms with Crippen molar-refractivity contribution in [2.75, 3.05) is 44.7 Å². The molecule has 2 saturated heterocycles. The third-order valence-corrected chi connectivity index (χ3v) is 4.68. The minimum atomic E-state index is -0.230. The summed E-state index contributed by atoms with van der Waals surface area (Å²) in [6.07, 6.45) is 0.299. The van der Waals surface area contributed by atoms with Gasteiger partial charge in [0.2, 0.25) is 11.8 Å². The Hall–Kier alpha value is -1.59. The van der Waals surface area contributed by atoms with E-state index in [-0.39, 0.29) is 17.7 Å². The molecule has 0 aliphatic carbocycles. The molecular formula is C16H20ClN3O2. The zero-order valence-electron chi connectivity index (χ0n) is 12.7. The van der Waals surface area contributed by atoms with Crippen LogP contribution in [-0.4, -0.2) is 61.4 Å². The first kappa shape index (κ1) is 15.3. The lowest BCUT2D eigenvalue weighted by Gasteiger charge is -2.33. The Kier molecular flexibility index (Phi) is 4.36. The van der Waals surface area contributed by atoms with Gasteiger partial charge >= 0.3 is 0 Å². The van der Waals surface area contributed by atoms with E-state index >= 15 is 0 Å². The maximum atomic E-state index is 12.6. The molecule has 118 valence electrons. The van der Waals surface area contributed by atoms with Crippen molar-refractivity contribution >= 4 is 29.1 Å². The fourth-order valence-electron chi connectivity index (χ4n) is 3.03. The van der Waals surface area contributed by atoms with E-state index in [1.165, 1.54) is 0 Å². The van der Waals surface area contributed by atoms with Gasteiger partial charge in [-0.25, -0.2) is 0 Å². The molecule has 5 nitrogen and oxygen atoms in total. The second-order valence-electron chi connectivity index (χ2n) is 6.01. The van der Waals surface area contributed by atoms with Crippen molar-refractivity contribution < 1.29 is 9.59 Å². The van der Waals surface area contributed by atoms with Gasteiger partial charge in [-0.1, -0.05) is 11.6 Å². The number of benzene rings is 1. The van der Waals surface area contributed by atoms with Crippen LogP contribution < -0.4 is 4.90 Å². The van der Waals surface area contributed by atoms with Crippen LogP contribution in [0, 0.1) is 5.92 Å². The highest BCUT2D eigenvalue weighted by Gasteiger charge is 2.37. The first-order chi connectivity index (χ1) is 10.5. The van der Waals surface area contributed by atoms with Crippen LogP contribution in [0.3, 0.4) is 0 Å². The van der Waals surface area contributed by atoms with Crippen molar-refractivity contribution in [3.8, 4) is 0 Å². The largest absolute Gasteiger partial charge is 0.340 e. The molecule has 0 aromatic heterocycles. The Labute approximate surface area is 135 Å². The highest BCUT2D eigenvalue weighted by Crippen LogP contribution is 2.27. The number of piperazine rings is 1. The molecule has 0 radical (unpaired) electrons. The summed E-state index contributed by atoms with van der Waals surface area (Å²) in [4.78, 5) is 30.6. The zero-order valence-corrected chi connectivity index (χ0v) is 13.4. The normalized spacial score (nSPS) is 23.2. The summed E-state index contributed by atoms with van der Waals surface area (Å²) in [6, 6.07) is 7.17. The first-order valence-corrected chi connectivity index (χ1v) is 7.95. The SMILES string of the molecule is CN1CCN(C(=O)[C@@H]2CC(=O)N(c3ccc(Cl)cc3)C2)CC1. The van der Waals surface area contributed by atoms with E-state index in [1.807, 2.05) is 17.0 Å². The molecule has 1 aromatic carbocycles. The van der Waals surface area contributed by atoms with Gasteiger partial charge in [-0.3, -0.25) is 9.59 Å². The molecule has 3 rings (SSSR count). The van der Waals surface area contributed by atoms with Crippen molar-refractivity contribution in [3.05, 3.63) is 29.3 Å². The van der Waals surface area contributed by atoms with Gasteiger partial charge in [-0.05, 0) is 31.3 Å². The number of amides is 2. The average Bonchev–Trinajstić information content (AvgIpc) is 2.90. The second kappa shape index (κ2) is 6.26. The monoisotopic (exact) mass is 321 g/mol. The molecule has 1 atom stereocenters. The summed E-state index contributed by atoms with van der Waals surface area (Å²) in [5, 5.41) is 0.639. The van der Waals surface area contributed by atoms with E-state index in [1.54, 1.807) is 17.0 Å². The minimum Gasteiger partial charge on any atom is -0.340 e. The third-order valence-electron chi connectivity index (χ3n) is 4.43. The number of rotatable bonds is 2. The van der Waals surface area contributed by atoms with Crippen LogP contribution in [0.4, 0.5) is 5.69 Å². The van der Waals surface area contributed by atoms with Crippen LogP contribution in [0.5, 0.6) is 0 Å². The summed E-state index contributed by atoms with van der Waals surface area (Å²) in [5.74, 6) is -0.112. The number of carbonyl (C=O) groups excluding carboxylic acids is 2. The summed E-state index contributed by atoms with van der Waals surface area (Å²) < 4.78 is 0. The topological polar surface area (TPSA) is 43.9 Å². The third kappa shape index (κ3) is 3.10. The maximum Gasteiger partial charge on any atom is 0.228 e. The van der Waals surface area contributed by atoms with E-state index in [0.29, 0.717) is 18.0 Å². The number of hydrogen-bond acceptors (Lipinski definition) is 3. The van der Waals surface area contributed by atoms with Crippen LogP contribution in [0.15, 0.2) is 24.3 Å². The Morgan fingerprint density at radius 1 is 1.14 bits per heavy atom. The number of hydrogen-bond donors (Lipinski definition) is 0. The van der Waals surface area contributed by atoms with Crippen molar-refractivity contribution in [2.24, 2.45) is 5.92 Å². The molecule has 0 bridgehead atoms. The van der Waals surface area contributed by atoms with Crippen LogP contribution in [0.25, 0.3) is 0 Å². The number of likely N-dealkylation sites (N-methyl/N-ethyl adjacent to an activating group) is 1. The number of nitrogens with zero attached hydrogens (tertiary/aromatic N) is 3. The van der Waals surface area contributed by atoms with Gasteiger partial charge in [0.1, 0.15) is 0 Å². The van der Waals surface area contributed by atoms with Crippen molar-refractivity contribution in [2.45, 2.75) is 6.42 Å². The van der Waals surface area contributed by atoms with Gasteiger partial charge in [-0.2, -0.15) is 0 Å². The summed E-state index contributed by atoms with van der Waals surface area (Å²) in [5.41, 5.74) is 0.808. The lowest BCUT2D eigenvalue weighted by atomic mass is 10.1. The molecule has 22 heavy (non-hydrogen) atoms. The zero-order chi connectivity index (χ0) is 15.7. The molecule has 0 N–H and O–H groups in total. The second-order valence-corrected chi connectivity index (χ2v) is 6.45. The van der Waals surface area contributed by atoms with Gasteiger partial charge in [0.15, 0.2) is 0 Å². The molecule has 6 heteroatoms. The van der Waals surface area contributed by atoms with Crippen LogP contribution in [-0.2, 0) is 9.59 Å². The van der Waals surface area contributed by atoms with Crippen LogP contribution in [0.1, 0.15) is 6.42 Å². The smallest absolute Gasteiger partial charge is 0.228 e. The van der Waals surface area contributed by atoms with Gasteiger partial charge in [0.05, 0.1) is 5.92 Å². The quantitative estimate of drug-likeness (QED) is 0.828. The van der Waals surface area contributed by atoms with Crippen LogP contribution in [0.2, 0.25) is 5.02 Å². The fourth-order valence-corrected chi connectivity index (χ4v) is 3.15. The van der Waals surface area contributed by atoms with E-state index < -0.39 is 0 Å².